The third kappa shape index (κ3) is 2.99. The third-order valence-corrected chi connectivity index (χ3v) is 3.33. The number of hydrogen-bond acceptors (Lipinski definition) is 2. The molecule has 2 N–H and O–H groups in total. The first kappa shape index (κ1) is 14.1. The lowest BCUT2D eigenvalue weighted by molar-refractivity contribution is 0.262. The Morgan fingerprint density at radius 1 is 1.30 bits per heavy atom. The number of hydrogen-bond donors (Lipinski definition) is 2. The number of nitrogens with one attached hydrogen (secondary N) is 2. The highest BCUT2D eigenvalue weighted by Gasteiger charge is 2.10. The number of anilines is 2. The number of amides is 2. The molecule has 0 atom stereocenters. The topological polar surface area (TPSA) is 59.0 Å². The van der Waals surface area contributed by atoms with Crippen LogP contribution in [0, 0.1) is 13.8 Å². The van der Waals surface area contributed by atoms with E-state index in [-0.39, 0.29) is 6.03 Å². The number of benzene rings is 1. The predicted molar refractivity (Wildman–Crippen MR) is 81.1 cm³/mol. The van der Waals surface area contributed by atoms with Gasteiger partial charge < -0.3 is 5.32 Å². The van der Waals surface area contributed by atoms with Crippen LogP contribution in [-0.4, -0.2) is 15.8 Å². The molecule has 1 aromatic heterocycles. The summed E-state index contributed by atoms with van der Waals surface area (Å²) in [5.41, 5.74) is 4.04. The summed E-state index contributed by atoms with van der Waals surface area (Å²) in [6.45, 7) is 5.99. The summed E-state index contributed by atoms with van der Waals surface area (Å²) >= 11 is 0. The van der Waals surface area contributed by atoms with Gasteiger partial charge in [-0.2, -0.15) is 5.10 Å². The molecule has 0 spiro atoms. The van der Waals surface area contributed by atoms with E-state index in [1.54, 1.807) is 4.68 Å². The van der Waals surface area contributed by atoms with Crippen molar-refractivity contribution in [3.05, 3.63) is 41.1 Å². The second-order valence-corrected chi connectivity index (χ2v) is 4.84. The maximum absolute atomic E-state index is 12.1. The standard InChI is InChI=1S/C15H20N4O/c1-5-12-8-6-7-10(2)14(12)17-15(20)16-13-9-11(3)19(4)18-13/h6-9H,5H2,1-4H3,(H2,16,17,18,20). The van der Waals surface area contributed by atoms with E-state index in [1.165, 1.54) is 0 Å². The van der Waals surface area contributed by atoms with Crippen molar-refractivity contribution in [3.8, 4) is 0 Å². The van der Waals surface area contributed by atoms with E-state index in [2.05, 4.69) is 22.7 Å². The number of nitrogens with zero attached hydrogens (tertiary/aromatic N) is 2. The lowest BCUT2D eigenvalue weighted by Crippen LogP contribution is -2.21. The van der Waals surface area contributed by atoms with Gasteiger partial charge in [-0.3, -0.25) is 10.00 Å². The molecule has 0 aliphatic heterocycles. The van der Waals surface area contributed by atoms with E-state index in [0.29, 0.717) is 5.82 Å². The molecule has 20 heavy (non-hydrogen) atoms. The number of urea groups is 1. The highest BCUT2D eigenvalue weighted by molar-refractivity contribution is 6.00. The van der Waals surface area contributed by atoms with Crippen molar-refractivity contribution in [2.24, 2.45) is 7.05 Å². The van der Waals surface area contributed by atoms with Gasteiger partial charge in [0.1, 0.15) is 0 Å². The zero-order chi connectivity index (χ0) is 14.7. The zero-order valence-electron chi connectivity index (χ0n) is 12.3. The average molecular weight is 272 g/mol. The molecule has 5 nitrogen and oxygen atoms in total. The molecule has 0 aliphatic rings. The van der Waals surface area contributed by atoms with Crippen LogP contribution in [-0.2, 0) is 13.5 Å². The number of para-hydroxylation sites is 1. The van der Waals surface area contributed by atoms with Crippen LogP contribution in [0.25, 0.3) is 0 Å². The molecule has 1 heterocycles. The van der Waals surface area contributed by atoms with E-state index < -0.39 is 0 Å². The minimum atomic E-state index is -0.271. The molecule has 0 saturated carbocycles. The fraction of sp³-hybridized carbons (Fsp3) is 0.333. The van der Waals surface area contributed by atoms with Gasteiger partial charge in [-0.15, -0.1) is 0 Å². The minimum Gasteiger partial charge on any atom is -0.307 e. The number of aromatic nitrogens is 2. The van der Waals surface area contributed by atoms with Gasteiger partial charge in [-0.25, -0.2) is 4.79 Å². The van der Waals surface area contributed by atoms with Crippen molar-refractivity contribution in [1.82, 2.24) is 9.78 Å². The Labute approximate surface area is 119 Å². The summed E-state index contributed by atoms with van der Waals surface area (Å²) in [6, 6.07) is 7.57. The molecule has 5 heteroatoms. The molecule has 0 aliphatic carbocycles. The molecule has 1 aromatic carbocycles. The van der Waals surface area contributed by atoms with E-state index >= 15 is 0 Å². The Balaban J connectivity index is 2.12. The van der Waals surface area contributed by atoms with Crippen LogP contribution in [0.1, 0.15) is 23.7 Å². The lowest BCUT2D eigenvalue weighted by Gasteiger charge is -2.12. The molecule has 0 radical (unpaired) electrons. The summed E-state index contributed by atoms with van der Waals surface area (Å²) in [5.74, 6) is 0.550. The van der Waals surface area contributed by atoms with Crippen molar-refractivity contribution in [2.75, 3.05) is 10.6 Å². The van der Waals surface area contributed by atoms with E-state index in [4.69, 9.17) is 0 Å². The van der Waals surface area contributed by atoms with Crippen LogP contribution in [0.3, 0.4) is 0 Å². The van der Waals surface area contributed by atoms with Crippen LogP contribution in [0.2, 0.25) is 0 Å². The van der Waals surface area contributed by atoms with Gasteiger partial charge in [-0.1, -0.05) is 25.1 Å². The molecule has 0 saturated heterocycles. The maximum atomic E-state index is 12.1. The molecular formula is C15H20N4O. The van der Waals surface area contributed by atoms with Crippen molar-refractivity contribution in [2.45, 2.75) is 27.2 Å². The normalized spacial score (nSPS) is 10.4. The summed E-state index contributed by atoms with van der Waals surface area (Å²) in [6.07, 6.45) is 0.875. The average Bonchev–Trinajstić information content (AvgIpc) is 2.70. The second kappa shape index (κ2) is 5.77. The molecule has 2 amide bonds. The van der Waals surface area contributed by atoms with Gasteiger partial charge in [0.05, 0.1) is 0 Å². The molecule has 0 unspecified atom stereocenters. The van der Waals surface area contributed by atoms with Crippen molar-refractivity contribution in [1.29, 1.82) is 0 Å². The Hall–Kier alpha value is -2.30. The Bertz CT molecular complexity index is 611. The van der Waals surface area contributed by atoms with Gasteiger partial charge in [0, 0.05) is 24.5 Å². The number of carbonyl (C=O) groups excluding carboxylic acids is 1. The van der Waals surface area contributed by atoms with E-state index in [9.17, 15) is 4.79 Å². The quantitative estimate of drug-likeness (QED) is 0.901. The van der Waals surface area contributed by atoms with Crippen molar-refractivity contribution >= 4 is 17.5 Å². The largest absolute Gasteiger partial charge is 0.324 e. The van der Waals surface area contributed by atoms with Crippen LogP contribution in [0.5, 0.6) is 0 Å². The monoisotopic (exact) mass is 272 g/mol. The van der Waals surface area contributed by atoms with Crippen LogP contribution >= 0.6 is 0 Å². The van der Waals surface area contributed by atoms with Gasteiger partial charge >= 0.3 is 6.03 Å². The van der Waals surface area contributed by atoms with Crippen LogP contribution in [0.15, 0.2) is 24.3 Å². The van der Waals surface area contributed by atoms with E-state index in [0.717, 1.165) is 28.9 Å². The SMILES string of the molecule is CCc1cccc(C)c1NC(=O)Nc1cc(C)n(C)n1. The van der Waals surface area contributed by atoms with Crippen LogP contribution in [0.4, 0.5) is 16.3 Å². The highest BCUT2D eigenvalue weighted by atomic mass is 16.2. The first-order valence-corrected chi connectivity index (χ1v) is 6.68. The fourth-order valence-electron chi connectivity index (χ4n) is 2.08. The molecule has 2 aromatic rings. The van der Waals surface area contributed by atoms with Gasteiger partial charge in [0.15, 0.2) is 5.82 Å². The summed E-state index contributed by atoms with van der Waals surface area (Å²) in [4.78, 5) is 12.1. The third-order valence-electron chi connectivity index (χ3n) is 3.33. The molecule has 106 valence electrons. The number of rotatable bonds is 3. The Morgan fingerprint density at radius 3 is 2.65 bits per heavy atom. The smallest absolute Gasteiger partial charge is 0.307 e. The maximum Gasteiger partial charge on any atom is 0.324 e. The molecule has 0 bridgehead atoms. The molecule has 2 rings (SSSR count). The highest BCUT2D eigenvalue weighted by Crippen LogP contribution is 2.21. The van der Waals surface area contributed by atoms with Gasteiger partial charge in [0.25, 0.3) is 0 Å². The van der Waals surface area contributed by atoms with Crippen LogP contribution < -0.4 is 10.6 Å². The minimum absolute atomic E-state index is 0.271. The summed E-state index contributed by atoms with van der Waals surface area (Å²) in [5, 5.41) is 9.86. The Kier molecular flexibility index (Phi) is 4.08. The zero-order valence-corrected chi connectivity index (χ0v) is 12.3. The van der Waals surface area contributed by atoms with Gasteiger partial charge in [0.2, 0.25) is 0 Å². The number of carbonyl (C=O) groups is 1. The first-order valence-electron chi connectivity index (χ1n) is 6.68. The summed E-state index contributed by atoms with van der Waals surface area (Å²) < 4.78 is 1.72. The van der Waals surface area contributed by atoms with E-state index in [1.807, 2.05) is 45.2 Å². The van der Waals surface area contributed by atoms with Crippen molar-refractivity contribution in [3.63, 3.8) is 0 Å². The molecular weight excluding hydrogens is 252 g/mol. The lowest BCUT2D eigenvalue weighted by atomic mass is 10.1. The predicted octanol–water partition coefficient (Wildman–Crippen LogP) is 3.24. The van der Waals surface area contributed by atoms with Gasteiger partial charge in [-0.05, 0) is 31.4 Å². The first-order chi connectivity index (χ1) is 9.51. The summed E-state index contributed by atoms with van der Waals surface area (Å²) in [7, 11) is 1.84. The second-order valence-electron chi connectivity index (χ2n) is 4.84. The number of aryl methyl sites for hydroxylation is 4. The Morgan fingerprint density at radius 2 is 2.05 bits per heavy atom. The molecule has 0 fully saturated rings. The van der Waals surface area contributed by atoms with Crippen molar-refractivity contribution < 1.29 is 4.79 Å². The fourth-order valence-corrected chi connectivity index (χ4v) is 2.08.